The van der Waals surface area contributed by atoms with Gasteiger partial charge in [0.05, 0.1) is 42.0 Å². The number of methoxy groups -OCH3 is 1. The molecule has 13 nitrogen and oxygen atoms in total. The van der Waals surface area contributed by atoms with Gasteiger partial charge in [0, 0.05) is 13.7 Å². The zero-order valence-electron chi connectivity index (χ0n) is 20.3. The second-order valence-electron chi connectivity index (χ2n) is 9.82. The number of cyclic esters (lactones) is 1. The van der Waals surface area contributed by atoms with Gasteiger partial charge in [-0.2, -0.15) is 0 Å². The van der Waals surface area contributed by atoms with Gasteiger partial charge in [0.25, 0.3) is 0 Å². The molecule has 4 aliphatic heterocycles. The number of benzene rings is 1. The SMILES string of the molecule is COC[C@@H]1COC(=O)N1c1noc2c(F)c3c(cc12)CC1(C(=N)NC(=O)NC1=O)C1[C@H](C)O[C@H](C)CN31. The number of morpholine rings is 1. The van der Waals surface area contributed by atoms with E-state index in [0.29, 0.717) is 5.56 Å². The number of anilines is 2. The van der Waals surface area contributed by atoms with Crippen LogP contribution in [-0.2, 0) is 25.4 Å². The van der Waals surface area contributed by atoms with Crippen LogP contribution in [0.1, 0.15) is 19.4 Å². The molecule has 0 saturated carbocycles. The lowest BCUT2D eigenvalue weighted by Gasteiger charge is -2.56. The van der Waals surface area contributed by atoms with Gasteiger partial charge in [-0.1, -0.05) is 5.16 Å². The topological polar surface area (TPSA) is 159 Å². The summed E-state index contributed by atoms with van der Waals surface area (Å²) in [5.74, 6) is -1.59. The first kappa shape index (κ1) is 23.6. The summed E-state index contributed by atoms with van der Waals surface area (Å²) in [6, 6.07) is -0.447. The van der Waals surface area contributed by atoms with Gasteiger partial charge >= 0.3 is 12.1 Å². The minimum Gasteiger partial charge on any atom is -0.447 e. The molecule has 2 unspecified atom stereocenters. The number of carbonyl (C=O) groups excluding carboxylic acids is 3. The number of rotatable bonds is 3. The summed E-state index contributed by atoms with van der Waals surface area (Å²) < 4.78 is 38.0. The Kier molecular flexibility index (Phi) is 5.18. The summed E-state index contributed by atoms with van der Waals surface area (Å²) in [6.07, 6.45) is -1.65. The fourth-order valence-electron chi connectivity index (χ4n) is 6.19. The fourth-order valence-corrected chi connectivity index (χ4v) is 6.19. The second kappa shape index (κ2) is 8.11. The third-order valence-corrected chi connectivity index (χ3v) is 7.55. The molecule has 1 aromatic carbocycles. The van der Waals surface area contributed by atoms with Crippen LogP contribution in [0.25, 0.3) is 11.0 Å². The molecule has 4 amide bonds. The Labute approximate surface area is 209 Å². The number of hydrogen-bond acceptors (Lipinski definition) is 10. The number of nitrogens with one attached hydrogen (secondary N) is 3. The van der Waals surface area contributed by atoms with E-state index in [9.17, 15) is 14.4 Å². The quantitative estimate of drug-likeness (QED) is 0.546. The molecule has 2 aromatic rings. The highest BCUT2D eigenvalue weighted by molar-refractivity contribution is 6.21. The van der Waals surface area contributed by atoms with Crippen LogP contribution >= 0.6 is 0 Å². The van der Waals surface area contributed by atoms with E-state index in [0.717, 1.165) is 0 Å². The first-order chi connectivity index (χ1) is 17.7. The molecule has 0 radical (unpaired) electrons. The van der Waals surface area contributed by atoms with Gasteiger partial charge in [0.2, 0.25) is 11.5 Å². The average molecular weight is 516 g/mol. The monoisotopic (exact) mass is 516 g/mol. The Morgan fingerprint density at radius 2 is 2.08 bits per heavy atom. The van der Waals surface area contributed by atoms with Crippen molar-refractivity contribution in [1.29, 1.82) is 5.41 Å². The third-order valence-electron chi connectivity index (χ3n) is 7.55. The molecule has 1 spiro atoms. The Bertz CT molecular complexity index is 1340. The van der Waals surface area contributed by atoms with Crippen LogP contribution < -0.4 is 20.4 Å². The standard InChI is InChI=1S/C23H25FN6O7/c1-9-6-29-15-11(5-23(17(29)10(2)36-9)19(25)26-21(32)27-20(23)31)4-13-16(14(15)24)37-28-18(13)30-12(7-34-3)8-35-22(30)33/h4,9-10,12,17H,5-8H2,1-3H3,(H3,25,26,27,31,32)/t9-,10+,12-,17?,23?/m1/s1. The van der Waals surface area contributed by atoms with Gasteiger partial charge in [-0.25, -0.2) is 18.9 Å². The normalized spacial score (nSPS) is 31.4. The molecular weight excluding hydrogens is 491 g/mol. The van der Waals surface area contributed by atoms with E-state index in [4.69, 9.17) is 24.1 Å². The fraction of sp³-hybridized carbons (Fsp3) is 0.522. The second-order valence-corrected chi connectivity index (χ2v) is 9.82. The highest BCUT2D eigenvalue weighted by Gasteiger charge is 2.61. The number of imide groups is 1. The molecule has 4 aliphatic rings. The number of nitrogens with zero attached hydrogens (tertiary/aromatic N) is 3. The summed E-state index contributed by atoms with van der Waals surface area (Å²) in [6.45, 7) is 4.06. The number of halogens is 1. The van der Waals surface area contributed by atoms with E-state index in [-0.39, 0.29) is 60.6 Å². The highest BCUT2D eigenvalue weighted by Crippen LogP contribution is 2.50. The lowest BCUT2D eigenvalue weighted by atomic mass is 9.66. The zero-order valence-corrected chi connectivity index (χ0v) is 20.3. The summed E-state index contributed by atoms with van der Waals surface area (Å²) in [4.78, 5) is 40.9. The van der Waals surface area contributed by atoms with E-state index in [1.807, 2.05) is 6.92 Å². The van der Waals surface area contributed by atoms with E-state index in [1.165, 1.54) is 12.0 Å². The highest BCUT2D eigenvalue weighted by atomic mass is 19.1. The van der Waals surface area contributed by atoms with Crippen LogP contribution in [-0.4, -0.2) is 80.2 Å². The number of carbonyl (C=O) groups is 3. The van der Waals surface area contributed by atoms with Gasteiger partial charge in [-0.15, -0.1) is 0 Å². The number of amides is 4. The molecule has 3 saturated heterocycles. The van der Waals surface area contributed by atoms with Crippen molar-refractivity contribution in [3.63, 3.8) is 0 Å². The Balaban J connectivity index is 1.55. The summed E-state index contributed by atoms with van der Waals surface area (Å²) >= 11 is 0. The molecule has 6 rings (SSSR count). The number of hydrogen-bond donors (Lipinski definition) is 3. The van der Waals surface area contributed by atoms with Gasteiger partial charge in [-0.05, 0) is 31.9 Å². The van der Waals surface area contributed by atoms with Crippen LogP contribution in [0.15, 0.2) is 10.6 Å². The van der Waals surface area contributed by atoms with Crippen LogP contribution in [0.3, 0.4) is 0 Å². The van der Waals surface area contributed by atoms with Crippen molar-refractivity contribution in [2.24, 2.45) is 5.41 Å². The van der Waals surface area contributed by atoms with Crippen molar-refractivity contribution in [1.82, 2.24) is 15.8 Å². The lowest BCUT2D eigenvalue weighted by Crippen LogP contribution is -2.75. The maximum atomic E-state index is 16.2. The van der Waals surface area contributed by atoms with Crippen molar-refractivity contribution in [3.8, 4) is 0 Å². The maximum Gasteiger partial charge on any atom is 0.416 e. The van der Waals surface area contributed by atoms with Crippen molar-refractivity contribution < 1.29 is 37.5 Å². The van der Waals surface area contributed by atoms with E-state index >= 15 is 4.39 Å². The molecule has 0 bridgehead atoms. The van der Waals surface area contributed by atoms with E-state index in [1.54, 1.807) is 17.9 Å². The van der Waals surface area contributed by atoms with Crippen molar-refractivity contribution in [2.45, 2.75) is 44.6 Å². The predicted molar refractivity (Wildman–Crippen MR) is 125 cm³/mol. The summed E-state index contributed by atoms with van der Waals surface area (Å²) in [5.41, 5.74) is -1.09. The largest absolute Gasteiger partial charge is 0.447 e. The maximum absolute atomic E-state index is 16.2. The van der Waals surface area contributed by atoms with Gasteiger partial charge in [0.15, 0.2) is 11.6 Å². The molecule has 14 heteroatoms. The Morgan fingerprint density at radius 1 is 1.30 bits per heavy atom. The first-order valence-corrected chi connectivity index (χ1v) is 11.9. The zero-order chi connectivity index (χ0) is 26.2. The van der Waals surface area contributed by atoms with Gasteiger partial charge in [0.1, 0.15) is 17.9 Å². The third kappa shape index (κ3) is 3.18. The summed E-state index contributed by atoms with van der Waals surface area (Å²) in [7, 11) is 1.49. The molecule has 0 aliphatic carbocycles. The van der Waals surface area contributed by atoms with E-state index in [2.05, 4.69) is 15.8 Å². The molecule has 3 fully saturated rings. The van der Waals surface area contributed by atoms with Gasteiger partial charge in [-0.3, -0.25) is 20.8 Å². The minimum atomic E-state index is -1.55. The van der Waals surface area contributed by atoms with Gasteiger partial charge < -0.3 is 23.6 Å². The molecular formula is C23H25FN6O7. The first-order valence-electron chi connectivity index (χ1n) is 11.9. The van der Waals surface area contributed by atoms with Crippen LogP contribution in [0.5, 0.6) is 0 Å². The smallest absolute Gasteiger partial charge is 0.416 e. The predicted octanol–water partition coefficient (Wildman–Crippen LogP) is 1.28. The molecule has 196 valence electrons. The minimum absolute atomic E-state index is 0.0672. The number of amidine groups is 1. The number of ether oxygens (including phenoxy) is 3. The Morgan fingerprint density at radius 3 is 2.81 bits per heavy atom. The number of aromatic nitrogens is 1. The van der Waals surface area contributed by atoms with Crippen molar-refractivity contribution >= 4 is 46.3 Å². The van der Waals surface area contributed by atoms with Crippen molar-refractivity contribution in [3.05, 3.63) is 17.4 Å². The van der Waals surface area contributed by atoms with Crippen LogP contribution in [0.2, 0.25) is 0 Å². The lowest BCUT2D eigenvalue weighted by molar-refractivity contribution is -0.133. The molecule has 5 heterocycles. The molecule has 5 atom stereocenters. The van der Waals surface area contributed by atoms with Crippen LogP contribution in [0.4, 0.5) is 25.5 Å². The molecule has 1 aromatic heterocycles. The number of urea groups is 1. The Hall–Kier alpha value is -3.78. The van der Waals surface area contributed by atoms with Crippen LogP contribution in [0, 0.1) is 16.6 Å². The molecule has 37 heavy (non-hydrogen) atoms. The number of fused-ring (bicyclic) bond motifs is 5. The average Bonchev–Trinajstić information content (AvgIpc) is 3.40. The van der Waals surface area contributed by atoms with E-state index < -0.39 is 47.5 Å². The summed E-state index contributed by atoms with van der Waals surface area (Å²) in [5, 5.41) is 17.6. The molecule has 3 N–H and O–H groups in total. The van der Waals surface area contributed by atoms with Crippen molar-refractivity contribution in [2.75, 3.05) is 36.7 Å².